The van der Waals surface area contributed by atoms with E-state index >= 15 is 0 Å². The monoisotopic (exact) mass is 354 g/mol. The number of nitrogens with one attached hydrogen (secondary N) is 1. The second kappa shape index (κ2) is 6.93. The van der Waals surface area contributed by atoms with Crippen LogP contribution in [0.1, 0.15) is 43.0 Å². The number of carboxylic acid groups (broad SMARTS) is 1. The van der Waals surface area contributed by atoms with Crippen LogP contribution >= 0.6 is 15.9 Å². The Kier molecular flexibility index (Phi) is 5.22. The molecule has 0 saturated carbocycles. The molecule has 5 nitrogen and oxygen atoms in total. The molecule has 1 aromatic carbocycles. The summed E-state index contributed by atoms with van der Waals surface area (Å²) in [6.07, 6.45) is 4.30. The van der Waals surface area contributed by atoms with Gasteiger partial charge in [0, 0.05) is 17.1 Å². The number of aromatic carboxylic acids is 1. The molecule has 1 aromatic rings. The molecule has 1 aliphatic rings. The average molecular weight is 355 g/mol. The zero-order valence-electron chi connectivity index (χ0n) is 11.9. The molecule has 1 atom stereocenters. The van der Waals surface area contributed by atoms with Crippen molar-refractivity contribution in [1.82, 2.24) is 4.90 Å². The molecule has 0 radical (unpaired) electrons. The smallest absolute Gasteiger partial charge is 0.335 e. The van der Waals surface area contributed by atoms with E-state index in [0.717, 1.165) is 32.2 Å². The number of hydrogen-bond acceptors (Lipinski definition) is 2. The van der Waals surface area contributed by atoms with Gasteiger partial charge in [-0.05, 0) is 53.9 Å². The van der Waals surface area contributed by atoms with Crippen LogP contribution in [0.3, 0.4) is 0 Å². The van der Waals surface area contributed by atoms with Crippen LogP contribution in [0, 0.1) is 0 Å². The molecule has 21 heavy (non-hydrogen) atoms. The summed E-state index contributed by atoms with van der Waals surface area (Å²) >= 11 is 3.34. The van der Waals surface area contributed by atoms with Crippen LogP contribution in [0.4, 0.5) is 10.5 Å². The van der Waals surface area contributed by atoms with Gasteiger partial charge in [-0.15, -0.1) is 0 Å². The van der Waals surface area contributed by atoms with Crippen LogP contribution in [-0.4, -0.2) is 34.6 Å². The van der Waals surface area contributed by atoms with Crippen LogP contribution in [0.25, 0.3) is 0 Å². The lowest BCUT2D eigenvalue weighted by Gasteiger charge is -2.27. The van der Waals surface area contributed by atoms with E-state index in [2.05, 4.69) is 21.2 Å². The van der Waals surface area contributed by atoms with Crippen molar-refractivity contribution in [2.75, 3.05) is 11.9 Å². The quantitative estimate of drug-likeness (QED) is 0.844. The highest BCUT2D eigenvalue weighted by atomic mass is 79.9. The molecule has 1 unspecified atom stereocenters. The van der Waals surface area contributed by atoms with Crippen molar-refractivity contribution in [3.63, 3.8) is 0 Å². The van der Waals surface area contributed by atoms with Crippen molar-refractivity contribution in [1.29, 1.82) is 0 Å². The lowest BCUT2D eigenvalue weighted by atomic mass is 10.1. The fourth-order valence-corrected chi connectivity index (χ4v) is 2.86. The topological polar surface area (TPSA) is 69.6 Å². The average Bonchev–Trinajstić information content (AvgIpc) is 2.65. The minimum Gasteiger partial charge on any atom is -0.478 e. The summed E-state index contributed by atoms with van der Waals surface area (Å²) in [4.78, 5) is 25.2. The zero-order chi connectivity index (χ0) is 15.4. The molecule has 1 heterocycles. The number of carbonyl (C=O) groups excluding carboxylic acids is 1. The van der Waals surface area contributed by atoms with Crippen LogP contribution in [0.5, 0.6) is 0 Å². The summed E-state index contributed by atoms with van der Waals surface area (Å²) in [7, 11) is 0. The molecule has 114 valence electrons. The Morgan fingerprint density at radius 2 is 2.10 bits per heavy atom. The molecule has 6 heteroatoms. The van der Waals surface area contributed by atoms with Gasteiger partial charge in [-0.3, -0.25) is 0 Å². The Labute approximate surface area is 132 Å². The van der Waals surface area contributed by atoms with Crippen molar-refractivity contribution in [2.24, 2.45) is 0 Å². The van der Waals surface area contributed by atoms with Gasteiger partial charge in [0.05, 0.1) is 11.3 Å². The standard InChI is InChI=1S/C15H19BrN2O3/c1-10-5-3-2-4-8-18(10)15(21)17-13-9-11(14(19)20)6-7-12(13)16/h6-7,9-10H,2-5,8H2,1H3,(H,17,21)(H,19,20). The van der Waals surface area contributed by atoms with Crippen molar-refractivity contribution >= 4 is 33.6 Å². The normalized spacial score (nSPS) is 19.0. The molecule has 1 aliphatic heterocycles. The second-order valence-corrected chi connectivity index (χ2v) is 6.18. The maximum atomic E-state index is 12.4. The third-order valence-corrected chi connectivity index (χ3v) is 4.46. The largest absolute Gasteiger partial charge is 0.478 e. The molecule has 1 fully saturated rings. The summed E-state index contributed by atoms with van der Waals surface area (Å²) in [5, 5.41) is 11.8. The Hall–Kier alpha value is -1.56. The first-order valence-corrected chi connectivity index (χ1v) is 7.89. The van der Waals surface area contributed by atoms with E-state index in [1.807, 2.05) is 11.8 Å². The minimum atomic E-state index is -1.01. The molecule has 0 bridgehead atoms. The third-order valence-electron chi connectivity index (χ3n) is 3.77. The fraction of sp³-hybridized carbons (Fsp3) is 0.467. The van der Waals surface area contributed by atoms with Gasteiger partial charge in [-0.1, -0.05) is 12.8 Å². The summed E-state index contributed by atoms with van der Waals surface area (Å²) in [6, 6.07) is 4.62. The lowest BCUT2D eigenvalue weighted by molar-refractivity contribution is 0.0697. The highest BCUT2D eigenvalue weighted by Gasteiger charge is 2.22. The molecular weight excluding hydrogens is 336 g/mol. The van der Waals surface area contributed by atoms with Crippen molar-refractivity contribution < 1.29 is 14.7 Å². The van der Waals surface area contributed by atoms with Gasteiger partial charge in [-0.2, -0.15) is 0 Å². The molecule has 0 aliphatic carbocycles. The SMILES string of the molecule is CC1CCCCCN1C(=O)Nc1cc(C(=O)O)ccc1Br. The first kappa shape index (κ1) is 15.8. The first-order valence-electron chi connectivity index (χ1n) is 7.09. The number of likely N-dealkylation sites (tertiary alicyclic amines) is 1. The Bertz CT molecular complexity index is 548. The van der Waals surface area contributed by atoms with Crippen LogP contribution < -0.4 is 5.32 Å². The second-order valence-electron chi connectivity index (χ2n) is 5.32. The highest BCUT2D eigenvalue weighted by molar-refractivity contribution is 9.10. The molecule has 0 aromatic heterocycles. The van der Waals surface area contributed by atoms with E-state index in [1.165, 1.54) is 12.1 Å². The number of anilines is 1. The minimum absolute atomic E-state index is 0.150. The summed E-state index contributed by atoms with van der Waals surface area (Å²) in [6.45, 7) is 2.79. The number of amides is 2. The van der Waals surface area contributed by atoms with E-state index in [4.69, 9.17) is 5.11 Å². The Balaban J connectivity index is 2.14. The molecule has 1 saturated heterocycles. The Morgan fingerprint density at radius 1 is 1.33 bits per heavy atom. The first-order chi connectivity index (χ1) is 9.99. The summed E-state index contributed by atoms with van der Waals surface area (Å²) in [5.74, 6) is -1.01. The predicted molar refractivity (Wildman–Crippen MR) is 84.8 cm³/mol. The number of carbonyl (C=O) groups is 2. The lowest BCUT2D eigenvalue weighted by Crippen LogP contribution is -2.41. The number of hydrogen-bond donors (Lipinski definition) is 2. The van der Waals surface area contributed by atoms with E-state index in [9.17, 15) is 9.59 Å². The number of carboxylic acids is 1. The van der Waals surface area contributed by atoms with Gasteiger partial charge in [0.25, 0.3) is 0 Å². The number of rotatable bonds is 2. The predicted octanol–water partition coefficient (Wildman–Crippen LogP) is 3.94. The van der Waals surface area contributed by atoms with Crippen molar-refractivity contribution in [3.05, 3.63) is 28.2 Å². The van der Waals surface area contributed by atoms with Gasteiger partial charge < -0.3 is 15.3 Å². The molecule has 2 amide bonds. The van der Waals surface area contributed by atoms with Crippen LogP contribution in [0.2, 0.25) is 0 Å². The van der Waals surface area contributed by atoms with Crippen LogP contribution in [-0.2, 0) is 0 Å². The highest BCUT2D eigenvalue weighted by Crippen LogP contribution is 2.25. The summed E-state index contributed by atoms with van der Waals surface area (Å²) < 4.78 is 0.670. The summed E-state index contributed by atoms with van der Waals surface area (Å²) in [5.41, 5.74) is 0.633. The van der Waals surface area contributed by atoms with E-state index in [1.54, 1.807) is 6.07 Å². The molecule has 0 spiro atoms. The maximum absolute atomic E-state index is 12.4. The van der Waals surface area contributed by atoms with Gasteiger partial charge in [0.15, 0.2) is 0 Å². The number of urea groups is 1. The fourth-order valence-electron chi connectivity index (χ4n) is 2.52. The zero-order valence-corrected chi connectivity index (χ0v) is 13.5. The van der Waals surface area contributed by atoms with Gasteiger partial charge >= 0.3 is 12.0 Å². The van der Waals surface area contributed by atoms with Gasteiger partial charge in [-0.25, -0.2) is 9.59 Å². The number of nitrogens with zero attached hydrogens (tertiary/aromatic N) is 1. The third kappa shape index (κ3) is 3.97. The van der Waals surface area contributed by atoms with E-state index in [-0.39, 0.29) is 17.6 Å². The number of benzene rings is 1. The molecule has 2 rings (SSSR count). The number of halogens is 1. The Morgan fingerprint density at radius 3 is 2.81 bits per heavy atom. The molecular formula is C15H19BrN2O3. The van der Waals surface area contributed by atoms with E-state index < -0.39 is 5.97 Å². The maximum Gasteiger partial charge on any atom is 0.335 e. The van der Waals surface area contributed by atoms with E-state index in [0.29, 0.717) is 10.2 Å². The molecule has 2 N–H and O–H groups in total. The van der Waals surface area contributed by atoms with Crippen molar-refractivity contribution in [2.45, 2.75) is 38.6 Å². The van der Waals surface area contributed by atoms with Crippen molar-refractivity contribution in [3.8, 4) is 0 Å². The van der Waals surface area contributed by atoms with Gasteiger partial charge in [0.1, 0.15) is 0 Å². The van der Waals surface area contributed by atoms with Gasteiger partial charge in [0.2, 0.25) is 0 Å². The van der Waals surface area contributed by atoms with Crippen LogP contribution in [0.15, 0.2) is 22.7 Å².